The second kappa shape index (κ2) is 13.5. The summed E-state index contributed by atoms with van der Waals surface area (Å²) < 4.78 is 11.1. The van der Waals surface area contributed by atoms with Gasteiger partial charge in [-0.1, -0.05) is 121 Å². The van der Waals surface area contributed by atoms with E-state index in [0.29, 0.717) is 38.6 Å². The van der Waals surface area contributed by atoms with Crippen molar-refractivity contribution in [1.29, 1.82) is 0 Å². The first-order chi connectivity index (χ1) is 32.3. The van der Waals surface area contributed by atoms with Gasteiger partial charge < -0.3 is 30.5 Å². The standard InChI is InChI=1S/C56H38N4O6/c1-3-65-53(63)35-17-11-21-39-45(35)31-15-5-7-19-37(31)55(39)57-41-23-9-13-29-25-27-33(49(59-55)43(29)41)47-51(61)48(52(47)62)34-28-26-30-14-10-24-42-44(30)50(34)60-56(58-42)38-20-8-6-16-32(38)46-36(54(64)66-4-2)18-12-22-40(46)56/h5-28,57,59-61H,3-4H2,1-2H3/b48-34+. The number of carbonyl (C=O) groups is 3. The van der Waals surface area contributed by atoms with Crippen LogP contribution in [0.1, 0.15) is 62.4 Å². The number of benzene rings is 8. The Labute approximate surface area is 377 Å². The maximum absolute atomic E-state index is 15.1. The monoisotopic (exact) mass is 862 g/mol. The van der Waals surface area contributed by atoms with Crippen LogP contribution in [-0.2, 0) is 25.6 Å². The molecule has 0 saturated carbocycles. The molecule has 0 radical (unpaired) electrons. The average Bonchev–Trinajstić information content (AvgIpc) is 3.76. The number of aliphatic hydroxyl groups excluding tert-OH is 1. The van der Waals surface area contributed by atoms with E-state index in [0.717, 1.165) is 71.7 Å². The molecule has 13 rings (SSSR count). The molecule has 4 N–H and O–H groups in total. The van der Waals surface area contributed by atoms with Gasteiger partial charge in [-0.05, 0) is 60.0 Å². The summed E-state index contributed by atoms with van der Waals surface area (Å²) in [7, 11) is 0. The predicted octanol–water partition coefficient (Wildman–Crippen LogP) is 9.69. The van der Waals surface area contributed by atoms with Gasteiger partial charge in [-0.25, -0.2) is 14.6 Å². The number of hydrogen-bond donors (Lipinski definition) is 4. The van der Waals surface area contributed by atoms with Gasteiger partial charge in [0.2, 0.25) is 5.78 Å². The van der Waals surface area contributed by atoms with E-state index >= 15 is 4.79 Å². The number of hydrogen-bond acceptors (Lipinski definition) is 10. The van der Waals surface area contributed by atoms with Crippen molar-refractivity contribution in [1.82, 2.24) is 0 Å². The van der Waals surface area contributed by atoms with Crippen LogP contribution in [0.25, 0.3) is 54.9 Å². The second-order valence-corrected chi connectivity index (χ2v) is 17.1. The van der Waals surface area contributed by atoms with Gasteiger partial charge >= 0.3 is 11.9 Å². The van der Waals surface area contributed by atoms with Gasteiger partial charge in [0.25, 0.3) is 0 Å². The first kappa shape index (κ1) is 38.0. The van der Waals surface area contributed by atoms with E-state index in [2.05, 4.69) is 16.0 Å². The number of fused-ring (bicyclic) bond motifs is 10. The highest BCUT2D eigenvalue weighted by atomic mass is 16.5. The van der Waals surface area contributed by atoms with Gasteiger partial charge in [-0.15, -0.1) is 0 Å². The zero-order chi connectivity index (χ0) is 44.6. The van der Waals surface area contributed by atoms with Crippen molar-refractivity contribution in [3.8, 4) is 22.3 Å². The molecule has 0 saturated heterocycles. The topological polar surface area (TPSA) is 138 Å². The van der Waals surface area contributed by atoms with Gasteiger partial charge in [0, 0.05) is 60.6 Å². The number of nitrogens with zero attached hydrogens (tertiary/aromatic N) is 1. The second-order valence-electron chi connectivity index (χ2n) is 17.1. The first-order valence-corrected chi connectivity index (χ1v) is 22.1. The van der Waals surface area contributed by atoms with Gasteiger partial charge in [0.15, 0.2) is 11.3 Å². The summed E-state index contributed by atoms with van der Waals surface area (Å²) in [6, 6.07) is 46.8. The number of Topliss-reactive ketones (excluding diaryl/α,β-unsaturated/α-hetero) is 1. The summed E-state index contributed by atoms with van der Waals surface area (Å²) in [5, 5.41) is 28.8. The minimum atomic E-state index is -1.17. The molecule has 66 heavy (non-hydrogen) atoms. The fraction of sp³-hybridized carbons (Fsp3) is 0.107. The maximum Gasteiger partial charge on any atom is 0.338 e. The van der Waals surface area contributed by atoms with Gasteiger partial charge in [0.1, 0.15) is 5.76 Å². The summed E-state index contributed by atoms with van der Waals surface area (Å²) in [6.07, 6.45) is 0. The molecule has 10 nitrogen and oxygen atoms in total. The lowest BCUT2D eigenvalue weighted by atomic mass is 9.79. The van der Waals surface area contributed by atoms with Crippen molar-refractivity contribution in [3.63, 3.8) is 0 Å². The van der Waals surface area contributed by atoms with Crippen LogP contribution in [-0.4, -0.2) is 36.0 Å². The van der Waals surface area contributed by atoms with Crippen molar-refractivity contribution < 1.29 is 29.0 Å². The lowest BCUT2D eigenvalue weighted by molar-refractivity contribution is -0.109. The van der Waals surface area contributed by atoms with Crippen LogP contribution in [0, 0.1) is 0 Å². The van der Waals surface area contributed by atoms with E-state index in [1.807, 2.05) is 133 Å². The zero-order valence-corrected chi connectivity index (χ0v) is 35.7. The van der Waals surface area contributed by atoms with Crippen molar-refractivity contribution in [2.24, 2.45) is 4.99 Å². The average molecular weight is 863 g/mol. The lowest BCUT2D eigenvalue weighted by Gasteiger charge is -2.41. The maximum atomic E-state index is 15.1. The molecule has 0 bridgehead atoms. The predicted molar refractivity (Wildman–Crippen MR) is 255 cm³/mol. The number of ketones is 1. The smallest absolute Gasteiger partial charge is 0.338 e. The highest BCUT2D eigenvalue weighted by molar-refractivity contribution is 6.52. The Hall–Kier alpha value is -8.50. The molecule has 2 heterocycles. The van der Waals surface area contributed by atoms with Crippen molar-refractivity contribution in [2.45, 2.75) is 25.2 Å². The normalized spacial score (nSPS) is 19.5. The van der Waals surface area contributed by atoms with Crippen molar-refractivity contribution >= 4 is 67.5 Å². The number of ether oxygens (including phenoxy) is 2. The van der Waals surface area contributed by atoms with Gasteiger partial charge in [-0.3, -0.25) is 4.79 Å². The van der Waals surface area contributed by atoms with E-state index in [-0.39, 0.29) is 35.9 Å². The summed E-state index contributed by atoms with van der Waals surface area (Å²) in [5.74, 6) is -1.26. The molecule has 2 atom stereocenters. The molecule has 0 amide bonds. The number of nitrogens with one attached hydrogen (secondary N) is 3. The van der Waals surface area contributed by atoms with E-state index in [1.54, 1.807) is 26.0 Å². The molecule has 2 spiro atoms. The van der Waals surface area contributed by atoms with Crippen LogP contribution >= 0.6 is 0 Å². The highest BCUT2D eigenvalue weighted by Gasteiger charge is 2.50. The number of carbonyl (C=O) groups excluding carboxylic acids is 3. The Morgan fingerprint density at radius 3 is 1.89 bits per heavy atom. The Kier molecular flexibility index (Phi) is 7.78. The van der Waals surface area contributed by atoms with Crippen LogP contribution in [0.5, 0.6) is 0 Å². The lowest BCUT2D eigenvalue weighted by Crippen LogP contribution is -2.45. The number of aliphatic hydroxyl groups is 1. The van der Waals surface area contributed by atoms with E-state index < -0.39 is 23.3 Å². The molecule has 5 aliphatic rings. The third-order valence-corrected chi connectivity index (χ3v) is 13.9. The third-order valence-electron chi connectivity index (χ3n) is 13.9. The molecule has 8 aromatic carbocycles. The van der Waals surface area contributed by atoms with E-state index in [1.165, 1.54) is 0 Å². The molecular weight excluding hydrogens is 825 g/mol. The molecule has 10 heteroatoms. The van der Waals surface area contributed by atoms with Crippen molar-refractivity contribution in [3.05, 3.63) is 201 Å². The van der Waals surface area contributed by atoms with Gasteiger partial charge in [-0.2, -0.15) is 0 Å². The van der Waals surface area contributed by atoms with Crippen LogP contribution in [0.3, 0.4) is 0 Å². The van der Waals surface area contributed by atoms with E-state index in [9.17, 15) is 14.7 Å². The Bertz CT molecular complexity index is 3760. The molecule has 2 aliphatic heterocycles. The number of allylic oxidation sites excluding steroid dienone is 2. The largest absolute Gasteiger partial charge is 0.506 e. The molecule has 8 aromatic rings. The number of anilines is 3. The number of esters is 2. The third kappa shape index (κ3) is 4.79. The summed E-state index contributed by atoms with van der Waals surface area (Å²) in [5.41, 5.74) is 8.37. The van der Waals surface area contributed by atoms with Crippen LogP contribution in [0.4, 0.5) is 17.1 Å². The fourth-order valence-corrected chi connectivity index (χ4v) is 11.2. The summed E-state index contributed by atoms with van der Waals surface area (Å²) in [6.45, 7) is 4.06. The van der Waals surface area contributed by atoms with Crippen LogP contribution in [0.2, 0.25) is 0 Å². The zero-order valence-electron chi connectivity index (χ0n) is 35.7. The summed E-state index contributed by atoms with van der Waals surface area (Å²) >= 11 is 0. The molecule has 318 valence electrons. The minimum absolute atomic E-state index is 0.123. The van der Waals surface area contributed by atoms with Crippen LogP contribution < -0.4 is 26.5 Å². The molecule has 0 fully saturated rings. The van der Waals surface area contributed by atoms with E-state index in [4.69, 9.17) is 14.5 Å². The molecule has 2 unspecified atom stereocenters. The molecule has 3 aliphatic carbocycles. The SMILES string of the molecule is CCOC(=O)c1cccc2c1-c1ccccc1C21N=c2cccc3cc/c(=C4\C(=O)C(c5ccc6cccc7c6c5NC5(N7)c6ccccc6-c6c(C(=O)OCC)cccc65)=C4O)c(c23)N1. The van der Waals surface area contributed by atoms with Crippen molar-refractivity contribution in [2.75, 3.05) is 29.2 Å². The van der Waals surface area contributed by atoms with Crippen LogP contribution in [0.15, 0.2) is 156 Å². The summed E-state index contributed by atoms with van der Waals surface area (Å²) in [4.78, 5) is 47.5. The number of rotatable bonds is 5. The first-order valence-electron chi connectivity index (χ1n) is 22.1. The fourth-order valence-electron chi connectivity index (χ4n) is 11.2. The van der Waals surface area contributed by atoms with Gasteiger partial charge in [0.05, 0.1) is 52.2 Å². The Morgan fingerprint density at radius 1 is 0.561 bits per heavy atom. The Morgan fingerprint density at radius 2 is 1.17 bits per heavy atom. The molecular formula is C56H38N4O6. The highest BCUT2D eigenvalue weighted by Crippen LogP contribution is 2.57. The minimum Gasteiger partial charge on any atom is -0.506 e. The molecule has 0 aromatic heterocycles. The Balaban J connectivity index is 1.01. The quantitative estimate of drug-likeness (QED) is 0.125.